The average Bonchev–Trinajstić information content (AvgIpc) is 2.94. The number of hydrogen-bond donors (Lipinski definition) is 3. The van der Waals surface area contributed by atoms with Gasteiger partial charge in [-0.15, -0.1) is 0 Å². The Morgan fingerprint density at radius 3 is 2.50 bits per heavy atom. The highest BCUT2D eigenvalue weighted by molar-refractivity contribution is 6.01. The van der Waals surface area contributed by atoms with Crippen LogP contribution in [0.5, 0.6) is 5.75 Å². The third-order valence-corrected chi connectivity index (χ3v) is 5.17. The van der Waals surface area contributed by atoms with Crippen LogP contribution in [0.25, 0.3) is 0 Å². The van der Waals surface area contributed by atoms with Crippen molar-refractivity contribution in [2.45, 2.75) is 31.7 Å². The first-order chi connectivity index (χ1) is 13.7. The average molecular weight is 382 g/mol. The van der Waals surface area contributed by atoms with E-state index >= 15 is 0 Å². The third-order valence-electron chi connectivity index (χ3n) is 5.17. The summed E-state index contributed by atoms with van der Waals surface area (Å²) in [4.78, 5) is 25.8. The van der Waals surface area contributed by atoms with Crippen LogP contribution >= 0.6 is 0 Å². The molecule has 1 aliphatic heterocycles. The zero-order valence-corrected chi connectivity index (χ0v) is 16.2. The molecule has 1 heterocycles. The molecule has 2 aromatic carbocycles. The number of rotatable bonds is 5. The minimum absolute atomic E-state index is 0.247. The van der Waals surface area contributed by atoms with Gasteiger partial charge < -0.3 is 15.0 Å². The van der Waals surface area contributed by atoms with Gasteiger partial charge in [0.1, 0.15) is 11.8 Å². The number of anilines is 1. The number of para-hydroxylation sites is 1. The molecule has 148 valence electrons. The van der Waals surface area contributed by atoms with E-state index in [-0.39, 0.29) is 18.5 Å². The van der Waals surface area contributed by atoms with Crippen molar-refractivity contribution in [1.29, 1.82) is 0 Å². The fourth-order valence-corrected chi connectivity index (χ4v) is 3.77. The zero-order chi connectivity index (χ0) is 19.8. The van der Waals surface area contributed by atoms with E-state index < -0.39 is 6.03 Å². The molecule has 1 saturated heterocycles. The van der Waals surface area contributed by atoms with Crippen molar-refractivity contribution in [1.82, 2.24) is 5.32 Å². The Bertz CT molecular complexity index is 777. The van der Waals surface area contributed by atoms with Crippen molar-refractivity contribution in [3.05, 3.63) is 60.2 Å². The van der Waals surface area contributed by atoms with E-state index in [1.54, 1.807) is 19.2 Å². The van der Waals surface area contributed by atoms with Crippen molar-refractivity contribution in [3.8, 4) is 5.75 Å². The molecule has 3 N–H and O–H groups in total. The van der Waals surface area contributed by atoms with E-state index in [9.17, 15) is 9.59 Å². The molecule has 0 bridgehead atoms. The SMILES string of the molecule is COc1ccc([C@H]2CCCCC[NH+]2CC(=O)NC(=O)Nc2ccccc2)cc1. The van der Waals surface area contributed by atoms with Crippen LogP contribution in [0.3, 0.4) is 0 Å². The molecular formula is C22H28N3O3+. The minimum atomic E-state index is -0.494. The van der Waals surface area contributed by atoms with Gasteiger partial charge in [0, 0.05) is 17.7 Å². The first-order valence-electron chi connectivity index (χ1n) is 9.80. The lowest BCUT2D eigenvalue weighted by Crippen LogP contribution is -3.13. The molecule has 2 aromatic rings. The molecule has 6 heteroatoms. The van der Waals surface area contributed by atoms with Crippen LogP contribution in [0, 0.1) is 0 Å². The maximum atomic E-state index is 12.5. The minimum Gasteiger partial charge on any atom is -0.497 e. The quantitative estimate of drug-likeness (QED) is 0.744. The van der Waals surface area contributed by atoms with Gasteiger partial charge in [0.15, 0.2) is 6.54 Å². The van der Waals surface area contributed by atoms with Gasteiger partial charge in [-0.25, -0.2) is 4.79 Å². The Balaban J connectivity index is 1.61. The lowest BCUT2D eigenvalue weighted by atomic mass is 10.0. The second kappa shape index (κ2) is 9.90. The Labute approximate surface area is 165 Å². The molecular weight excluding hydrogens is 354 g/mol. The van der Waals surface area contributed by atoms with E-state index in [4.69, 9.17) is 4.74 Å². The topological polar surface area (TPSA) is 71.9 Å². The summed E-state index contributed by atoms with van der Waals surface area (Å²) >= 11 is 0. The molecule has 1 aliphatic rings. The van der Waals surface area contributed by atoms with Crippen molar-refractivity contribution in [2.24, 2.45) is 0 Å². The van der Waals surface area contributed by atoms with Gasteiger partial charge in [0.2, 0.25) is 0 Å². The maximum Gasteiger partial charge on any atom is 0.326 e. The van der Waals surface area contributed by atoms with Gasteiger partial charge in [-0.3, -0.25) is 10.1 Å². The van der Waals surface area contributed by atoms with Crippen molar-refractivity contribution in [2.75, 3.05) is 25.5 Å². The van der Waals surface area contributed by atoms with E-state index in [1.807, 2.05) is 30.3 Å². The molecule has 0 saturated carbocycles. The van der Waals surface area contributed by atoms with Crippen LogP contribution in [0.2, 0.25) is 0 Å². The largest absolute Gasteiger partial charge is 0.497 e. The Hall–Kier alpha value is -2.86. The van der Waals surface area contributed by atoms with E-state index in [0.29, 0.717) is 5.69 Å². The van der Waals surface area contributed by atoms with Gasteiger partial charge in [-0.2, -0.15) is 0 Å². The van der Waals surface area contributed by atoms with Crippen LogP contribution in [0.4, 0.5) is 10.5 Å². The Morgan fingerprint density at radius 2 is 1.79 bits per heavy atom. The number of imide groups is 1. The van der Waals surface area contributed by atoms with E-state index in [1.165, 1.54) is 16.9 Å². The van der Waals surface area contributed by atoms with Gasteiger partial charge >= 0.3 is 6.03 Å². The van der Waals surface area contributed by atoms with Crippen LogP contribution in [-0.4, -0.2) is 32.1 Å². The number of methoxy groups -OCH3 is 1. The summed E-state index contributed by atoms with van der Waals surface area (Å²) in [5, 5.41) is 5.14. The number of carbonyl (C=O) groups excluding carboxylic acids is 2. The van der Waals surface area contributed by atoms with Gasteiger partial charge in [-0.05, 0) is 55.7 Å². The fourth-order valence-electron chi connectivity index (χ4n) is 3.77. The van der Waals surface area contributed by atoms with Gasteiger partial charge in [-0.1, -0.05) is 18.2 Å². The molecule has 28 heavy (non-hydrogen) atoms. The van der Waals surface area contributed by atoms with Crippen molar-refractivity contribution < 1.29 is 19.2 Å². The van der Waals surface area contributed by atoms with Crippen molar-refractivity contribution >= 4 is 17.6 Å². The molecule has 0 aliphatic carbocycles. The smallest absolute Gasteiger partial charge is 0.326 e. The molecule has 3 rings (SSSR count). The van der Waals surface area contributed by atoms with Gasteiger partial charge in [0.05, 0.1) is 13.7 Å². The number of nitrogens with one attached hydrogen (secondary N) is 3. The Kier molecular flexibility index (Phi) is 7.03. The summed E-state index contributed by atoms with van der Waals surface area (Å²) in [7, 11) is 1.66. The van der Waals surface area contributed by atoms with Crippen LogP contribution in [0.15, 0.2) is 54.6 Å². The molecule has 3 amide bonds. The number of benzene rings is 2. The molecule has 1 fully saturated rings. The Morgan fingerprint density at radius 1 is 1.04 bits per heavy atom. The van der Waals surface area contributed by atoms with E-state index in [2.05, 4.69) is 22.8 Å². The van der Waals surface area contributed by atoms with Gasteiger partial charge in [0.25, 0.3) is 5.91 Å². The number of likely N-dealkylation sites (tertiary alicyclic amines) is 1. The highest BCUT2D eigenvalue weighted by Gasteiger charge is 2.28. The molecule has 6 nitrogen and oxygen atoms in total. The summed E-state index contributed by atoms with van der Waals surface area (Å²) in [6.45, 7) is 1.20. The second-order valence-electron chi connectivity index (χ2n) is 7.13. The predicted octanol–water partition coefficient (Wildman–Crippen LogP) is 2.54. The summed E-state index contributed by atoms with van der Waals surface area (Å²) in [6.07, 6.45) is 4.44. The summed E-state index contributed by atoms with van der Waals surface area (Å²) in [5.74, 6) is 0.568. The number of ether oxygens (including phenoxy) is 1. The number of quaternary nitrogens is 1. The molecule has 0 aromatic heterocycles. The fraction of sp³-hybridized carbons (Fsp3) is 0.364. The third kappa shape index (κ3) is 5.57. The normalized spacial score (nSPS) is 19.3. The van der Waals surface area contributed by atoms with E-state index in [0.717, 1.165) is 31.6 Å². The number of carbonyl (C=O) groups is 2. The lowest BCUT2D eigenvalue weighted by Gasteiger charge is -2.26. The highest BCUT2D eigenvalue weighted by Crippen LogP contribution is 2.22. The number of amides is 3. The second-order valence-corrected chi connectivity index (χ2v) is 7.13. The molecule has 2 atom stereocenters. The zero-order valence-electron chi connectivity index (χ0n) is 16.2. The number of hydrogen-bond acceptors (Lipinski definition) is 3. The first-order valence-corrected chi connectivity index (χ1v) is 9.80. The molecule has 1 unspecified atom stereocenters. The maximum absolute atomic E-state index is 12.5. The standard InChI is InChI=1S/C22H27N3O3/c1-28-19-13-11-17(12-14-19)20-10-6-3-7-15-25(20)16-21(26)24-22(27)23-18-8-4-2-5-9-18/h2,4-5,8-9,11-14,20H,3,6-7,10,15-16H2,1H3,(H2,23,24,26,27)/p+1/t20-/m1/s1. The summed E-state index contributed by atoms with van der Waals surface area (Å²) in [5.41, 5.74) is 1.87. The summed E-state index contributed by atoms with van der Waals surface area (Å²) in [6, 6.07) is 16.9. The molecule has 0 spiro atoms. The van der Waals surface area contributed by atoms with Crippen LogP contribution in [-0.2, 0) is 4.79 Å². The van der Waals surface area contributed by atoms with Crippen LogP contribution in [0.1, 0.15) is 37.3 Å². The summed E-state index contributed by atoms with van der Waals surface area (Å²) < 4.78 is 5.25. The van der Waals surface area contributed by atoms with Crippen molar-refractivity contribution in [3.63, 3.8) is 0 Å². The van der Waals surface area contributed by atoms with Crippen LogP contribution < -0.4 is 20.3 Å². The number of urea groups is 1. The lowest BCUT2D eigenvalue weighted by molar-refractivity contribution is -0.923. The molecule has 0 radical (unpaired) electrons. The monoisotopic (exact) mass is 382 g/mol. The first kappa shape index (κ1) is 19.9. The highest BCUT2D eigenvalue weighted by atomic mass is 16.5. The predicted molar refractivity (Wildman–Crippen MR) is 109 cm³/mol.